The summed E-state index contributed by atoms with van der Waals surface area (Å²) in [6, 6.07) is 6.77. The van der Waals surface area contributed by atoms with Crippen LogP contribution in [0.4, 0.5) is 0 Å². The van der Waals surface area contributed by atoms with E-state index in [0.717, 1.165) is 0 Å². The minimum absolute atomic E-state index is 0.0866. The molecule has 1 aromatic carbocycles. The minimum atomic E-state index is -0.321. The number of benzene rings is 1. The van der Waals surface area contributed by atoms with Gasteiger partial charge in [-0.05, 0) is 31.0 Å². The highest BCUT2D eigenvalue weighted by Gasteiger charge is 2.14. The Morgan fingerprint density at radius 3 is 2.53 bits per heavy atom. The predicted octanol–water partition coefficient (Wildman–Crippen LogP) is 3.54. The number of ether oxygens (including phenoxy) is 1. The second kappa shape index (κ2) is 5.17. The molecular weight excluding hydrogens is 212 g/mol. The lowest BCUT2D eigenvalue weighted by Crippen LogP contribution is -2.20. The lowest BCUT2D eigenvalue weighted by molar-refractivity contribution is 0.0238. The van der Waals surface area contributed by atoms with E-state index in [1.54, 1.807) is 24.3 Å². The zero-order chi connectivity index (χ0) is 11.4. The Balaban J connectivity index is 2.69. The maximum Gasteiger partial charge on any atom is 0.338 e. The summed E-state index contributed by atoms with van der Waals surface area (Å²) in [7, 11) is 0. The third-order valence-electron chi connectivity index (χ3n) is 2.29. The van der Waals surface area contributed by atoms with E-state index in [-0.39, 0.29) is 12.1 Å². The van der Waals surface area contributed by atoms with Crippen molar-refractivity contribution >= 4 is 17.6 Å². The van der Waals surface area contributed by atoms with E-state index in [2.05, 4.69) is 0 Å². The van der Waals surface area contributed by atoms with E-state index in [1.807, 2.05) is 20.8 Å². The number of esters is 1. The topological polar surface area (TPSA) is 26.3 Å². The summed E-state index contributed by atoms with van der Waals surface area (Å²) in [5.41, 5.74) is 0.495. The molecule has 15 heavy (non-hydrogen) atoms. The summed E-state index contributed by atoms with van der Waals surface area (Å²) < 4.78 is 5.26. The molecule has 0 fully saturated rings. The average molecular weight is 227 g/mol. The molecule has 0 saturated heterocycles. The van der Waals surface area contributed by atoms with E-state index in [9.17, 15) is 4.79 Å². The first kappa shape index (κ1) is 12.1. The van der Waals surface area contributed by atoms with Crippen LogP contribution < -0.4 is 0 Å². The maximum atomic E-state index is 11.6. The average Bonchev–Trinajstić information content (AvgIpc) is 2.17. The Morgan fingerprint density at radius 2 is 2.00 bits per heavy atom. The zero-order valence-corrected chi connectivity index (χ0v) is 9.91. The summed E-state index contributed by atoms with van der Waals surface area (Å²) >= 11 is 5.78. The molecule has 0 saturated carbocycles. The molecule has 1 unspecified atom stereocenters. The first-order chi connectivity index (χ1) is 7.00. The monoisotopic (exact) mass is 226 g/mol. The van der Waals surface area contributed by atoms with Crippen molar-refractivity contribution in [3.63, 3.8) is 0 Å². The van der Waals surface area contributed by atoms with Gasteiger partial charge in [0.25, 0.3) is 0 Å². The van der Waals surface area contributed by atoms with Gasteiger partial charge in [0.1, 0.15) is 6.10 Å². The Bertz CT molecular complexity index is 347. The van der Waals surface area contributed by atoms with Gasteiger partial charge in [-0.25, -0.2) is 4.79 Å². The predicted molar refractivity (Wildman–Crippen MR) is 61.2 cm³/mol. The van der Waals surface area contributed by atoms with E-state index in [4.69, 9.17) is 16.3 Å². The van der Waals surface area contributed by atoms with Crippen molar-refractivity contribution in [1.29, 1.82) is 0 Å². The maximum absolute atomic E-state index is 11.6. The fraction of sp³-hybridized carbons (Fsp3) is 0.417. The highest BCUT2D eigenvalue weighted by molar-refractivity contribution is 6.30. The molecule has 0 amide bonds. The largest absolute Gasteiger partial charge is 0.459 e. The zero-order valence-electron chi connectivity index (χ0n) is 9.16. The number of hydrogen-bond acceptors (Lipinski definition) is 2. The lowest BCUT2D eigenvalue weighted by atomic mass is 10.1. The molecule has 1 atom stereocenters. The summed E-state index contributed by atoms with van der Waals surface area (Å²) in [5.74, 6) is -0.00756. The third kappa shape index (κ3) is 3.56. The lowest BCUT2D eigenvalue weighted by Gasteiger charge is -2.16. The highest BCUT2D eigenvalue weighted by Crippen LogP contribution is 2.14. The molecule has 2 nitrogen and oxygen atoms in total. The van der Waals surface area contributed by atoms with Crippen LogP contribution in [-0.2, 0) is 4.74 Å². The van der Waals surface area contributed by atoms with Crippen molar-refractivity contribution in [2.45, 2.75) is 26.9 Å². The Kier molecular flexibility index (Phi) is 4.15. The first-order valence-corrected chi connectivity index (χ1v) is 5.35. The highest BCUT2D eigenvalue weighted by atomic mass is 35.5. The van der Waals surface area contributed by atoms with Gasteiger partial charge in [0.15, 0.2) is 0 Å². The van der Waals surface area contributed by atoms with Crippen molar-refractivity contribution in [3.8, 4) is 0 Å². The smallest absolute Gasteiger partial charge is 0.338 e. The van der Waals surface area contributed by atoms with Gasteiger partial charge in [0.2, 0.25) is 0 Å². The fourth-order valence-corrected chi connectivity index (χ4v) is 1.18. The van der Waals surface area contributed by atoms with Crippen molar-refractivity contribution < 1.29 is 9.53 Å². The molecule has 1 aromatic rings. The van der Waals surface area contributed by atoms with Crippen molar-refractivity contribution in [2.75, 3.05) is 0 Å². The molecule has 0 radical (unpaired) electrons. The van der Waals surface area contributed by atoms with Crippen LogP contribution in [0.1, 0.15) is 31.1 Å². The molecule has 0 aromatic heterocycles. The molecule has 3 heteroatoms. The van der Waals surface area contributed by atoms with Crippen molar-refractivity contribution in [3.05, 3.63) is 34.9 Å². The van der Waals surface area contributed by atoms with E-state index in [0.29, 0.717) is 16.5 Å². The van der Waals surface area contributed by atoms with Gasteiger partial charge >= 0.3 is 5.97 Å². The number of hydrogen-bond donors (Lipinski definition) is 0. The van der Waals surface area contributed by atoms with Crippen LogP contribution in [0.15, 0.2) is 24.3 Å². The first-order valence-electron chi connectivity index (χ1n) is 4.97. The van der Waals surface area contributed by atoms with Gasteiger partial charge in [-0.3, -0.25) is 0 Å². The van der Waals surface area contributed by atoms with Gasteiger partial charge < -0.3 is 4.74 Å². The fourth-order valence-electron chi connectivity index (χ4n) is 0.988. The van der Waals surface area contributed by atoms with Gasteiger partial charge in [0.05, 0.1) is 5.56 Å². The quantitative estimate of drug-likeness (QED) is 0.737. The van der Waals surface area contributed by atoms with E-state index >= 15 is 0 Å². The summed E-state index contributed by atoms with van der Waals surface area (Å²) in [6.45, 7) is 5.90. The second-order valence-corrected chi connectivity index (χ2v) is 4.30. The van der Waals surface area contributed by atoms with Gasteiger partial charge in [-0.2, -0.15) is 0 Å². The molecule has 0 bridgehead atoms. The standard InChI is InChI=1S/C12H15ClO2/c1-8(2)9(3)15-12(14)10-5-4-6-11(13)7-10/h4-9H,1-3H3. The normalized spacial score (nSPS) is 12.6. The Labute approximate surface area is 95.2 Å². The summed E-state index contributed by atoms with van der Waals surface area (Å²) in [4.78, 5) is 11.6. The van der Waals surface area contributed by atoms with Gasteiger partial charge in [0, 0.05) is 5.02 Å². The molecular formula is C12H15ClO2. The van der Waals surface area contributed by atoms with E-state index < -0.39 is 0 Å². The second-order valence-electron chi connectivity index (χ2n) is 3.86. The Morgan fingerprint density at radius 1 is 1.33 bits per heavy atom. The summed E-state index contributed by atoms with van der Waals surface area (Å²) in [5, 5.41) is 0.543. The molecule has 0 aliphatic rings. The molecule has 0 aliphatic carbocycles. The van der Waals surface area contributed by atoms with Crippen LogP contribution >= 0.6 is 11.6 Å². The SMILES string of the molecule is CC(C)C(C)OC(=O)c1cccc(Cl)c1. The van der Waals surface area contributed by atoms with Gasteiger partial charge in [-0.15, -0.1) is 0 Å². The molecule has 0 spiro atoms. The molecule has 0 aliphatic heterocycles. The minimum Gasteiger partial charge on any atom is -0.459 e. The molecule has 82 valence electrons. The van der Waals surface area contributed by atoms with Gasteiger partial charge in [-0.1, -0.05) is 31.5 Å². The number of carbonyl (C=O) groups is 1. The molecule has 0 heterocycles. The van der Waals surface area contributed by atoms with Crippen LogP contribution in [0.2, 0.25) is 5.02 Å². The number of carbonyl (C=O) groups excluding carboxylic acids is 1. The van der Waals surface area contributed by atoms with Crippen LogP contribution in [0, 0.1) is 5.92 Å². The van der Waals surface area contributed by atoms with Crippen LogP contribution in [0.5, 0.6) is 0 Å². The van der Waals surface area contributed by atoms with Crippen LogP contribution in [-0.4, -0.2) is 12.1 Å². The van der Waals surface area contributed by atoms with Crippen molar-refractivity contribution in [1.82, 2.24) is 0 Å². The van der Waals surface area contributed by atoms with Crippen LogP contribution in [0.3, 0.4) is 0 Å². The molecule has 1 rings (SSSR count). The molecule has 0 N–H and O–H groups in total. The van der Waals surface area contributed by atoms with Crippen molar-refractivity contribution in [2.24, 2.45) is 5.92 Å². The summed E-state index contributed by atoms with van der Waals surface area (Å²) in [6.07, 6.45) is -0.0866. The third-order valence-corrected chi connectivity index (χ3v) is 2.53. The number of halogens is 1. The number of rotatable bonds is 3. The van der Waals surface area contributed by atoms with E-state index in [1.165, 1.54) is 0 Å². The van der Waals surface area contributed by atoms with Crippen LogP contribution in [0.25, 0.3) is 0 Å². The Hall–Kier alpha value is -1.02.